The van der Waals surface area contributed by atoms with Crippen LogP contribution in [-0.4, -0.2) is 41.9 Å². The lowest BCUT2D eigenvalue weighted by Gasteiger charge is -2.31. The Kier molecular flexibility index (Phi) is 13.5. The van der Waals surface area contributed by atoms with Gasteiger partial charge in [0.25, 0.3) is 11.4 Å². The van der Waals surface area contributed by atoms with Gasteiger partial charge in [0.05, 0.1) is 36.3 Å². The first-order valence-corrected chi connectivity index (χ1v) is 15.3. The molecule has 43 heavy (non-hydrogen) atoms. The van der Waals surface area contributed by atoms with E-state index in [0.29, 0.717) is 12.1 Å². The van der Waals surface area contributed by atoms with E-state index in [-0.39, 0.29) is 13.2 Å². The summed E-state index contributed by atoms with van der Waals surface area (Å²) in [5, 5.41) is 21.6. The van der Waals surface area contributed by atoms with Gasteiger partial charge < -0.3 is 18.1 Å². The minimum absolute atomic E-state index is 0.270. The van der Waals surface area contributed by atoms with Crippen LogP contribution >= 0.6 is 15.2 Å². The predicted molar refractivity (Wildman–Crippen MR) is 141 cm³/mol. The molecule has 0 saturated carbocycles. The maximum atomic E-state index is 14.4. The molecule has 0 aliphatic rings. The molecule has 2 rings (SSSR count). The SMILES string of the molecule is CCOP(=O)(OCC)C(F)(F)C(F)(F)c1ccccc1[N+](=O)[O-].CCOP(=O)(OCC)C(F)(F)c1ccccc1[N+](=O)[O-]. The zero-order valence-electron chi connectivity index (χ0n) is 23.1. The van der Waals surface area contributed by atoms with E-state index in [0.717, 1.165) is 24.3 Å². The van der Waals surface area contributed by atoms with Gasteiger partial charge in [-0.15, -0.1) is 0 Å². The summed E-state index contributed by atoms with van der Waals surface area (Å²) >= 11 is 0. The Bertz CT molecular complexity index is 1350. The third-order valence-corrected chi connectivity index (χ3v) is 9.42. The zero-order valence-corrected chi connectivity index (χ0v) is 24.9. The van der Waals surface area contributed by atoms with Gasteiger partial charge in [0.1, 0.15) is 11.1 Å². The Hall–Kier alpha value is -2.88. The molecule has 20 heteroatoms. The summed E-state index contributed by atoms with van der Waals surface area (Å²) in [7, 11) is -10.4. The Balaban J connectivity index is 0.000000434. The average Bonchev–Trinajstić information content (AvgIpc) is 2.93. The summed E-state index contributed by atoms with van der Waals surface area (Å²) in [4.78, 5) is 19.4. The van der Waals surface area contributed by atoms with Crippen LogP contribution in [0.3, 0.4) is 0 Å². The topological polar surface area (TPSA) is 157 Å². The maximum Gasteiger partial charge on any atom is 0.412 e. The fourth-order valence-corrected chi connectivity index (χ4v) is 6.45. The quantitative estimate of drug-likeness (QED) is 0.0780. The molecule has 0 amide bonds. The molecule has 12 nitrogen and oxygen atoms in total. The van der Waals surface area contributed by atoms with Crippen molar-refractivity contribution in [2.45, 2.75) is 44.9 Å². The van der Waals surface area contributed by atoms with Crippen LogP contribution in [0.15, 0.2) is 48.5 Å². The molecule has 242 valence electrons. The molecule has 0 spiro atoms. The summed E-state index contributed by atoms with van der Waals surface area (Å²) in [6, 6.07) is 7.26. The smallest absolute Gasteiger partial charge is 0.305 e. The van der Waals surface area contributed by atoms with Crippen molar-refractivity contribution < 1.29 is 63.4 Å². The number of para-hydroxylation sites is 2. The van der Waals surface area contributed by atoms with Gasteiger partial charge >= 0.3 is 32.4 Å². The number of benzene rings is 2. The summed E-state index contributed by atoms with van der Waals surface area (Å²) in [6.07, 6.45) is 0. The number of nitrogens with zero attached hydrogens (tertiary/aromatic N) is 2. The molecule has 0 fully saturated rings. The second kappa shape index (κ2) is 15.2. The van der Waals surface area contributed by atoms with Crippen LogP contribution in [-0.2, 0) is 38.8 Å². The van der Waals surface area contributed by atoms with Gasteiger partial charge in [0.15, 0.2) is 0 Å². The van der Waals surface area contributed by atoms with E-state index < -0.39 is 78.0 Å². The van der Waals surface area contributed by atoms with Crippen LogP contribution in [0.4, 0.5) is 37.7 Å². The van der Waals surface area contributed by atoms with Crippen LogP contribution in [0.1, 0.15) is 38.8 Å². The molecular formula is C23H28F6N2O10P2. The van der Waals surface area contributed by atoms with Crippen LogP contribution in [0.5, 0.6) is 0 Å². The first-order chi connectivity index (χ1) is 19.8. The molecule has 0 bridgehead atoms. The third-order valence-electron chi connectivity index (χ3n) is 5.13. The average molecular weight is 668 g/mol. The largest absolute Gasteiger partial charge is 0.412 e. The number of hydrogen-bond acceptors (Lipinski definition) is 10. The van der Waals surface area contributed by atoms with Gasteiger partial charge in [-0.05, 0) is 39.8 Å². The first kappa shape index (κ1) is 38.1. The van der Waals surface area contributed by atoms with E-state index >= 15 is 0 Å². The van der Waals surface area contributed by atoms with E-state index in [1.54, 1.807) is 0 Å². The zero-order chi connectivity index (χ0) is 33.3. The third kappa shape index (κ3) is 7.99. The lowest BCUT2D eigenvalue weighted by molar-refractivity contribution is -0.387. The highest BCUT2D eigenvalue weighted by molar-refractivity contribution is 7.55. The van der Waals surface area contributed by atoms with E-state index in [4.69, 9.17) is 0 Å². The summed E-state index contributed by atoms with van der Waals surface area (Å²) in [6.45, 7) is 3.42. The fraction of sp³-hybridized carbons (Fsp3) is 0.478. The van der Waals surface area contributed by atoms with Gasteiger partial charge in [0.2, 0.25) is 0 Å². The summed E-state index contributed by atoms with van der Waals surface area (Å²) in [5.41, 5.74) is -14.0. The molecule has 2 aromatic rings. The van der Waals surface area contributed by atoms with Crippen molar-refractivity contribution in [2.24, 2.45) is 0 Å². The molecule has 0 aliphatic heterocycles. The molecule has 0 heterocycles. The van der Waals surface area contributed by atoms with Gasteiger partial charge in [-0.3, -0.25) is 29.4 Å². The normalized spacial score (nSPS) is 12.8. The maximum absolute atomic E-state index is 14.4. The number of alkyl halides is 6. The van der Waals surface area contributed by atoms with Gasteiger partial charge in [-0.2, -0.15) is 26.3 Å². The van der Waals surface area contributed by atoms with Crippen molar-refractivity contribution in [1.29, 1.82) is 0 Å². The number of rotatable bonds is 15. The van der Waals surface area contributed by atoms with Crippen molar-refractivity contribution in [3.05, 3.63) is 79.9 Å². The van der Waals surface area contributed by atoms with Crippen molar-refractivity contribution >= 4 is 26.6 Å². The summed E-state index contributed by atoms with van der Waals surface area (Å²) < 4.78 is 128. The number of nitro benzene ring substituents is 2. The second-order valence-corrected chi connectivity index (χ2v) is 12.0. The standard InChI is InChI=1S/C12H14F4NO5P.C11H14F2NO5P/c1-3-21-23(20,22-4-2)12(15,16)11(13,14)9-7-5-6-8-10(9)17(18)19;1-3-18-20(17,19-4-2)11(12,13)9-7-5-6-8-10(9)14(15)16/h5-8H,3-4H2,1-2H3;5-8H,3-4H2,1-2H3. The molecule has 0 saturated heterocycles. The molecular weight excluding hydrogens is 640 g/mol. The minimum atomic E-state index is -5.57. The van der Waals surface area contributed by atoms with E-state index in [1.165, 1.54) is 39.8 Å². The Labute approximate surface area is 241 Å². The lowest BCUT2D eigenvalue weighted by atomic mass is 10.1. The molecule has 0 radical (unpaired) electrons. The van der Waals surface area contributed by atoms with Crippen LogP contribution in [0.25, 0.3) is 0 Å². The molecule has 0 aromatic heterocycles. The van der Waals surface area contributed by atoms with Crippen LogP contribution in [0, 0.1) is 20.2 Å². The highest BCUT2D eigenvalue weighted by Crippen LogP contribution is 2.70. The van der Waals surface area contributed by atoms with E-state index in [2.05, 4.69) is 18.1 Å². The van der Waals surface area contributed by atoms with Gasteiger partial charge in [-0.25, -0.2) is 0 Å². The molecule has 2 aromatic carbocycles. The summed E-state index contributed by atoms with van der Waals surface area (Å²) in [5.74, 6) is -5.14. The predicted octanol–water partition coefficient (Wildman–Crippen LogP) is 8.46. The van der Waals surface area contributed by atoms with Crippen LogP contribution in [0.2, 0.25) is 0 Å². The Morgan fingerprint density at radius 2 is 0.953 bits per heavy atom. The molecule has 0 N–H and O–H groups in total. The monoisotopic (exact) mass is 668 g/mol. The first-order valence-electron chi connectivity index (χ1n) is 12.2. The lowest BCUT2D eigenvalue weighted by Crippen LogP contribution is -2.39. The highest BCUT2D eigenvalue weighted by atomic mass is 31.2. The minimum Gasteiger partial charge on any atom is -0.305 e. The van der Waals surface area contributed by atoms with Crippen molar-refractivity contribution in [3.8, 4) is 0 Å². The number of halogens is 6. The van der Waals surface area contributed by atoms with Crippen molar-refractivity contribution in [3.63, 3.8) is 0 Å². The van der Waals surface area contributed by atoms with Crippen molar-refractivity contribution in [1.82, 2.24) is 0 Å². The van der Waals surface area contributed by atoms with E-state index in [1.807, 2.05) is 0 Å². The fourth-order valence-electron chi connectivity index (χ4n) is 3.35. The molecule has 0 atom stereocenters. The highest BCUT2D eigenvalue weighted by Gasteiger charge is 2.72. The number of nitro groups is 2. The number of hydrogen-bond donors (Lipinski definition) is 0. The Morgan fingerprint density at radius 3 is 1.33 bits per heavy atom. The molecule has 0 unspecified atom stereocenters. The van der Waals surface area contributed by atoms with Crippen LogP contribution < -0.4 is 0 Å². The van der Waals surface area contributed by atoms with Crippen molar-refractivity contribution in [2.75, 3.05) is 26.4 Å². The van der Waals surface area contributed by atoms with E-state index in [9.17, 15) is 55.7 Å². The second-order valence-electron chi connectivity index (χ2n) is 7.87. The molecule has 0 aliphatic carbocycles. The van der Waals surface area contributed by atoms with Gasteiger partial charge in [-0.1, -0.05) is 24.3 Å². The van der Waals surface area contributed by atoms with Gasteiger partial charge in [0, 0.05) is 12.1 Å². The Morgan fingerprint density at radius 1 is 0.628 bits per heavy atom.